The molecule has 2 aromatic rings. The average molecular weight is 407 g/mol. The van der Waals surface area contributed by atoms with E-state index in [1.54, 1.807) is 6.92 Å². The van der Waals surface area contributed by atoms with Crippen LogP contribution in [0.1, 0.15) is 55.8 Å². The molecule has 1 unspecified atom stereocenters. The molecule has 1 saturated carbocycles. The molecule has 1 aromatic heterocycles. The van der Waals surface area contributed by atoms with Crippen molar-refractivity contribution in [2.24, 2.45) is 5.92 Å². The molecule has 1 saturated heterocycles. The van der Waals surface area contributed by atoms with Gasteiger partial charge in [-0.25, -0.2) is 4.39 Å². The van der Waals surface area contributed by atoms with Crippen LogP contribution in [0.2, 0.25) is 5.02 Å². The SMILES string of the molecule is CC1(F)CCC(CNC(=O)c2cn(CC3CCCO3)c3cccc(Cl)c23)CC1. The summed E-state index contributed by atoms with van der Waals surface area (Å²) in [7, 11) is 0. The number of amides is 1. The third-order valence-electron chi connectivity index (χ3n) is 6.22. The molecule has 2 aliphatic rings. The minimum absolute atomic E-state index is 0.113. The Morgan fingerprint density at radius 1 is 1.36 bits per heavy atom. The Balaban J connectivity index is 1.50. The number of aromatic nitrogens is 1. The highest BCUT2D eigenvalue weighted by molar-refractivity contribution is 6.36. The van der Waals surface area contributed by atoms with Crippen LogP contribution in [0.25, 0.3) is 10.9 Å². The van der Waals surface area contributed by atoms with Crippen LogP contribution in [-0.4, -0.2) is 35.4 Å². The summed E-state index contributed by atoms with van der Waals surface area (Å²) in [6, 6.07) is 5.73. The van der Waals surface area contributed by atoms with E-state index in [0.29, 0.717) is 35.9 Å². The monoisotopic (exact) mass is 406 g/mol. The third kappa shape index (κ3) is 4.20. The predicted octanol–water partition coefficient (Wildman–Crippen LogP) is 5.12. The zero-order chi connectivity index (χ0) is 19.7. The molecule has 2 heterocycles. The fourth-order valence-corrected chi connectivity index (χ4v) is 4.73. The highest BCUT2D eigenvalue weighted by atomic mass is 35.5. The quantitative estimate of drug-likeness (QED) is 0.748. The van der Waals surface area contributed by atoms with Gasteiger partial charge in [0.2, 0.25) is 0 Å². The van der Waals surface area contributed by atoms with Gasteiger partial charge in [-0.15, -0.1) is 0 Å². The van der Waals surface area contributed by atoms with E-state index in [9.17, 15) is 9.18 Å². The molecule has 0 bridgehead atoms. The Morgan fingerprint density at radius 2 is 2.14 bits per heavy atom. The fraction of sp³-hybridized carbons (Fsp3) is 0.591. The van der Waals surface area contributed by atoms with Crippen LogP contribution >= 0.6 is 11.6 Å². The van der Waals surface area contributed by atoms with Crippen molar-refractivity contribution in [1.82, 2.24) is 9.88 Å². The van der Waals surface area contributed by atoms with Crippen LogP contribution in [0.5, 0.6) is 0 Å². The fourth-order valence-electron chi connectivity index (χ4n) is 4.46. The largest absolute Gasteiger partial charge is 0.376 e. The molecule has 1 aliphatic heterocycles. The molecule has 0 spiro atoms. The van der Waals surface area contributed by atoms with Gasteiger partial charge in [0.1, 0.15) is 5.67 Å². The van der Waals surface area contributed by atoms with Gasteiger partial charge in [-0.3, -0.25) is 4.79 Å². The van der Waals surface area contributed by atoms with Crippen molar-refractivity contribution in [3.8, 4) is 0 Å². The number of benzene rings is 1. The van der Waals surface area contributed by atoms with Crippen LogP contribution in [0, 0.1) is 5.92 Å². The molecule has 1 N–H and O–H groups in total. The Morgan fingerprint density at radius 3 is 2.86 bits per heavy atom. The van der Waals surface area contributed by atoms with Gasteiger partial charge < -0.3 is 14.6 Å². The molecule has 1 aromatic carbocycles. The van der Waals surface area contributed by atoms with Gasteiger partial charge in [0.15, 0.2) is 0 Å². The van der Waals surface area contributed by atoms with Gasteiger partial charge in [-0.2, -0.15) is 0 Å². The Bertz CT molecular complexity index is 848. The van der Waals surface area contributed by atoms with Crippen LogP contribution in [0.4, 0.5) is 4.39 Å². The van der Waals surface area contributed by atoms with Crippen LogP contribution in [-0.2, 0) is 11.3 Å². The lowest BCUT2D eigenvalue weighted by Gasteiger charge is -2.31. The van der Waals surface area contributed by atoms with Gasteiger partial charge in [0.05, 0.1) is 22.2 Å². The maximum atomic E-state index is 14.0. The summed E-state index contributed by atoms with van der Waals surface area (Å²) in [6.45, 7) is 3.78. The second kappa shape index (κ2) is 8.03. The summed E-state index contributed by atoms with van der Waals surface area (Å²) in [5.74, 6) is 0.223. The van der Waals surface area contributed by atoms with Crippen molar-refractivity contribution in [3.05, 3.63) is 35.0 Å². The molecule has 0 radical (unpaired) electrons. The second-order valence-electron chi connectivity index (χ2n) is 8.53. The zero-order valence-electron chi connectivity index (χ0n) is 16.3. The molecule has 28 heavy (non-hydrogen) atoms. The first-order chi connectivity index (χ1) is 13.4. The summed E-state index contributed by atoms with van der Waals surface area (Å²) in [5.41, 5.74) is 0.507. The van der Waals surface area contributed by atoms with Gasteiger partial charge in [0.25, 0.3) is 5.91 Å². The number of rotatable bonds is 5. The van der Waals surface area contributed by atoms with Crippen molar-refractivity contribution >= 4 is 28.4 Å². The first-order valence-electron chi connectivity index (χ1n) is 10.3. The zero-order valence-corrected chi connectivity index (χ0v) is 17.1. The predicted molar refractivity (Wildman–Crippen MR) is 110 cm³/mol. The highest BCUT2D eigenvalue weighted by Crippen LogP contribution is 2.34. The second-order valence-corrected chi connectivity index (χ2v) is 8.94. The van der Waals surface area contributed by atoms with Crippen molar-refractivity contribution in [2.45, 2.75) is 63.8 Å². The molecular formula is C22H28ClFN2O2. The molecular weight excluding hydrogens is 379 g/mol. The number of fused-ring (bicyclic) bond motifs is 1. The Kier molecular flexibility index (Phi) is 5.66. The number of carbonyl (C=O) groups excluding carboxylic acids is 1. The maximum Gasteiger partial charge on any atom is 0.253 e. The van der Waals surface area contributed by atoms with E-state index in [2.05, 4.69) is 9.88 Å². The summed E-state index contributed by atoms with van der Waals surface area (Å²) < 4.78 is 21.8. The van der Waals surface area contributed by atoms with Gasteiger partial charge >= 0.3 is 0 Å². The number of nitrogens with one attached hydrogen (secondary N) is 1. The molecule has 4 nitrogen and oxygen atoms in total. The Labute approximate surface area is 170 Å². The first-order valence-corrected chi connectivity index (χ1v) is 10.7. The number of hydrogen-bond donors (Lipinski definition) is 1. The smallest absolute Gasteiger partial charge is 0.253 e. The lowest BCUT2D eigenvalue weighted by Crippen LogP contribution is -2.34. The van der Waals surface area contributed by atoms with E-state index >= 15 is 0 Å². The van der Waals surface area contributed by atoms with E-state index in [-0.39, 0.29) is 12.0 Å². The first kappa shape index (κ1) is 19.7. The summed E-state index contributed by atoms with van der Waals surface area (Å²) in [6.07, 6.45) is 6.97. The van der Waals surface area contributed by atoms with E-state index in [0.717, 1.165) is 49.7 Å². The van der Waals surface area contributed by atoms with Crippen molar-refractivity contribution in [2.75, 3.05) is 13.2 Å². The normalized spacial score (nSPS) is 28.0. The maximum absolute atomic E-state index is 14.0. The topological polar surface area (TPSA) is 43.3 Å². The van der Waals surface area contributed by atoms with Gasteiger partial charge in [-0.1, -0.05) is 17.7 Å². The van der Waals surface area contributed by atoms with Gasteiger partial charge in [-0.05, 0) is 63.5 Å². The van der Waals surface area contributed by atoms with Crippen LogP contribution in [0.15, 0.2) is 24.4 Å². The van der Waals surface area contributed by atoms with E-state index in [1.165, 1.54) is 0 Å². The van der Waals surface area contributed by atoms with E-state index in [4.69, 9.17) is 16.3 Å². The number of hydrogen-bond acceptors (Lipinski definition) is 2. The minimum atomic E-state index is -1.05. The van der Waals surface area contributed by atoms with Crippen molar-refractivity contribution in [1.29, 1.82) is 0 Å². The van der Waals surface area contributed by atoms with Crippen molar-refractivity contribution < 1.29 is 13.9 Å². The third-order valence-corrected chi connectivity index (χ3v) is 6.54. The molecule has 1 aliphatic carbocycles. The number of alkyl halides is 1. The molecule has 1 atom stereocenters. The number of halogens is 2. The molecule has 2 fully saturated rings. The molecule has 1 amide bonds. The lowest BCUT2D eigenvalue weighted by molar-refractivity contribution is 0.0891. The summed E-state index contributed by atoms with van der Waals surface area (Å²) in [4.78, 5) is 12.9. The van der Waals surface area contributed by atoms with E-state index < -0.39 is 5.67 Å². The van der Waals surface area contributed by atoms with E-state index in [1.807, 2.05) is 24.4 Å². The standard InChI is InChI=1S/C22H28ClFN2O2/c1-22(24)9-7-15(8-10-22)12-25-21(27)17-14-26(13-16-4-3-11-28-16)19-6-2-5-18(23)20(17)19/h2,5-6,14-16H,3-4,7-13H2,1H3,(H,25,27). The van der Waals surface area contributed by atoms with Crippen LogP contribution in [0.3, 0.4) is 0 Å². The number of nitrogens with zero attached hydrogens (tertiary/aromatic N) is 1. The minimum Gasteiger partial charge on any atom is -0.376 e. The summed E-state index contributed by atoms with van der Waals surface area (Å²) >= 11 is 6.45. The summed E-state index contributed by atoms with van der Waals surface area (Å²) in [5, 5.41) is 4.43. The highest BCUT2D eigenvalue weighted by Gasteiger charge is 2.31. The number of carbonyl (C=O) groups is 1. The van der Waals surface area contributed by atoms with Crippen molar-refractivity contribution in [3.63, 3.8) is 0 Å². The van der Waals surface area contributed by atoms with Crippen LogP contribution < -0.4 is 5.32 Å². The Hall–Kier alpha value is -1.59. The lowest BCUT2D eigenvalue weighted by atomic mass is 9.81. The molecule has 152 valence electrons. The number of ether oxygens (including phenoxy) is 1. The molecule has 4 rings (SSSR count). The molecule has 6 heteroatoms. The average Bonchev–Trinajstić information content (AvgIpc) is 3.30. The van der Waals surface area contributed by atoms with Gasteiger partial charge in [0, 0.05) is 31.3 Å².